The third-order valence-electron chi connectivity index (χ3n) is 4.68. The van der Waals surface area contributed by atoms with Crippen LogP contribution in [-0.2, 0) is 16.3 Å². The maximum atomic E-state index is 12.6. The first kappa shape index (κ1) is 22.6. The molecule has 0 N–H and O–H groups in total. The van der Waals surface area contributed by atoms with E-state index in [9.17, 15) is 8.42 Å². The standard InChI is InChI=1S/C22H28O6S/c1-15(14-29(23,24)17-10-8-7-9-11-17)12-13-18-16(2)19(25-3)21(27-5)22(28-6)20(18)26-4/h7-12H,13-14H2,1-6H3/b15-12+. The first-order valence-corrected chi connectivity index (χ1v) is 10.7. The van der Waals surface area contributed by atoms with Crippen LogP contribution < -0.4 is 18.9 Å². The number of hydrogen-bond acceptors (Lipinski definition) is 6. The SMILES string of the molecule is COc1c(C)c(C/C=C(\C)CS(=O)(=O)c2ccccc2)c(OC)c(OC)c1OC. The van der Waals surface area contributed by atoms with Crippen LogP contribution in [-0.4, -0.2) is 42.6 Å². The lowest BCUT2D eigenvalue weighted by Gasteiger charge is -2.21. The average Bonchev–Trinajstić information content (AvgIpc) is 2.72. The Morgan fingerprint density at radius 2 is 1.38 bits per heavy atom. The second-order valence-corrected chi connectivity index (χ2v) is 8.55. The Bertz CT molecular complexity index is 978. The molecule has 7 heteroatoms. The molecule has 0 fully saturated rings. The molecule has 158 valence electrons. The molecular formula is C22H28O6S. The van der Waals surface area contributed by atoms with E-state index < -0.39 is 9.84 Å². The van der Waals surface area contributed by atoms with Gasteiger partial charge in [0.2, 0.25) is 11.5 Å². The Morgan fingerprint density at radius 3 is 1.90 bits per heavy atom. The topological polar surface area (TPSA) is 71.1 Å². The normalized spacial score (nSPS) is 11.9. The van der Waals surface area contributed by atoms with Gasteiger partial charge in [-0.25, -0.2) is 8.42 Å². The Hall–Kier alpha value is -2.67. The van der Waals surface area contributed by atoms with Gasteiger partial charge in [0, 0.05) is 11.1 Å². The van der Waals surface area contributed by atoms with Crippen molar-refractivity contribution in [3.8, 4) is 23.0 Å². The maximum absolute atomic E-state index is 12.6. The van der Waals surface area contributed by atoms with Crippen LogP contribution in [0.1, 0.15) is 18.1 Å². The molecule has 0 spiro atoms. The predicted octanol–water partition coefficient (Wildman–Crippen LogP) is 3.99. The minimum absolute atomic E-state index is 0.0528. The van der Waals surface area contributed by atoms with Crippen LogP contribution in [0.25, 0.3) is 0 Å². The molecule has 0 amide bonds. The second-order valence-electron chi connectivity index (χ2n) is 6.56. The molecule has 0 radical (unpaired) electrons. The number of rotatable bonds is 9. The zero-order valence-electron chi connectivity index (χ0n) is 17.7. The van der Waals surface area contributed by atoms with E-state index in [4.69, 9.17) is 18.9 Å². The van der Waals surface area contributed by atoms with E-state index in [1.54, 1.807) is 51.5 Å². The van der Waals surface area contributed by atoms with Crippen molar-refractivity contribution in [3.63, 3.8) is 0 Å². The molecule has 0 aliphatic heterocycles. The summed E-state index contributed by atoms with van der Waals surface area (Å²) < 4.78 is 47.3. The number of hydrogen-bond donors (Lipinski definition) is 0. The third kappa shape index (κ3) is 4.85. The van der Waals surface area contributed by atoms with Crippen molar-refractivity contribution >= 4 is 9.84 Å². The summed E-state index contributed by atoms with van der Waals surface area (Å²) in [4.78, 5) is 0.314. The first-order chi connectivity index (χ1) is 13.8. The van der Waals surface area contributed by atoms with Gasteiger partial charge in [-0.15, -0.1) is 0 Å². The molecule has 6 nitrogen and oxygen atoms in total. The van der Waals surface area contributed by atoms with Crippen molar-refractivity contribution in [2.45, 2.75) is 25.2 Å². The number of methoxy groups -OCH3 is 4. The molecule has 29 heavy (non-hydrogen) atoms. The molecule has 0 aliphatic carbocycles. The molecule has 0 aromatic heterocycles. The summed E-state index contributed by atoms with van der Waals surface area (Å²) in [6.07, 6.45) is 2.35. The number of sulfone groups is 1. The van der Waals surface area contributed by atoms with Crippen molar-refractivity contribution in [2.24, 2.45) is 0 Å². The monoisotopic (exact) mass is 420 g/mol. The average molecular weight is 421 g/mol. The van der Waals surface area contributed by atoms with E-state index >= 15 is 0 Å². The molecule has 2 rings (SSSR count). The fraction of sp³-hybridized carbons (Fsp3) is 0.364. The Morgan fingerprint density at radius 1 is 0.862 bits per heavy atom. The summed E-state index contributed by atoms with van der Waals surface area (Å²) >= 11 is 0. The van der Waals surface area contributed by atoms with Gasteiger partial charge >= 0.3 is 0 Å². The summed E-state index contributed by atoms with van der Waals surface area (Å²) in [6.45, 7) is 3.71. The molecule has 0 bridgehead atoms. The van der Waals surface area contributed by atoms with E-state index in [1.165, 1.54) is 14.2 Å². The predicted molar refractivity (Wildman–Crippen MR) is 113 cm³/mol. The highest BCUT2D eigenvalue weighted by Crippen LogP contribution is 2.49. The first-order valence-electron chi connectivity index (χ1n) is 9.09. The van der Waals surface area contributed by atoms with E-state index in [2.05, 4.69) is 0 Å². The summed E-state index contributed by atoms with van der Waals surface area (Å²) in [5.74, 6) is 1.94. The van der Waals surface area contributed by atoms with Crippen molar-refractivity contribution in [2.75, 3.05) is 34.2 Å². The smallest absolute Gasteiger partial charge is 0.207 e. The van der Waals surface area contributed by atoms with Crippen LogP contribution in [0.4, 0.5) is 0 Å². The van der Waals surface area contributed by atoms with Gasteiger partial charge in [-0.2, -0.15) is 0 Å². The zero-order valence-corrected chi connectivity index (χ0v) is 18.6. The summed E-state index contributed by atoms with van der Waals surface area (Å²) in [5, 5.41) is 0. The molecule has 0 atom stereocenters. The lowest BCUT2D eigenvalue weighted by atomic mass is 10.0. The second kappa shape index (κ2) is 9.69. The van der Waals surface area contributed by atoms with E-state index in [-0.39, 0.29) is 5.75 Å². The maximum Gasteiger partial charge on any atom is 0.207 e. The minimum atomic E-state index is -3.39. The van der Waals surface area contributed by atoms with Crippen molar-refractivity contribution in [3.05, 3.63) is 53.1 Å². The number of benzene rings is 2. The highest BCUT2D eigenvalue weighted by molar-refractivity contribution is 7.91. The molecule has 2 aromatic carbocycles. The van der Waals surface area contributed by atoms with Crippen molar-refractivity contribution in [1.29, 1.82) is 0 Å². The van der Waals surface area contributed by atoms with E-state index in [0.717, 1.165) is 16.7 Å². The fourth-order valence-corrected chi connectivity index (χ4v) is 4.70. The highest BCUT2D eigenvalue weighted by Gasteiger charge is 2.25. The third-order valence-corrected chi connectivity index (χ3v) is 6.50. The van der Waals surface area contributed by atoms with Gasteiger partial charge in [-0.1, -0.05) is 29.8 Å². The van der Waals surface area contributed by atoms with E-state index in [0.29, 0.717) is 34.3 Å². The highest BCUT2D eigenvalue weighted by atomic mass is 32.2. The largest absolute Gasteiger partial charge is 0.492 e. The summed E-state index contributed by atoms with van der Waals surface area (Å²) in [5.41, 5.74) is 2.43. The van der Waals surface area contributed by atoms with Gasteiger partial charge in [0.15, 0.2) is 21.3 Å². The van der Waals surface area contributed by atoms with Crippen LogP contribution in [0.3, 0.4) is 0 Å². The van der Waals surface area contributed by atoms with Gasteiger partial charge in [-0.05, 0) is 32.4 Å². The fourth-order valence-electron chi connectivity index (χ4n) is 3.25. The zero-order chi connectivity index (χ0) is 21.6. The molecule has 0 saturated carbocycles. The van der Waals surface area contributed by atoms with Crippen LogP contribution in [0.15, 0.2) is 46.9 Å². The van der Waals surface area contributed by atoms with Gasteiger partial charge in [0.05, 0.1) is 39.1 Å². The van der Waals surface area contributed by atoms with Gasteiger partial charge in [0.1, 0.15) is 0 Å². The van der Waals surface area contributed by atoms with Crippen LogP contribution in [0.5, 0.6) is 23.0 Å². The molecular weight excluding hydrogens is 392 g/mol. The lowest BCUT2D eigenvalue weighted by molar-refractivity contribution is 0.302. The molecule has 2 aromatic rings. The number of allylic oxidation sites excluding steroid dienone is 1. The van der Waals surface area contributed by atoms with E-state index in [1.807, 2.05) is 13.0 Å². The Kier molecular flexibility index (Phi) is 7.56. The molecule has 0 heterocycles. The van der Waals surface area contributed by atoms with Gasteiger partial charge in [-0.3, -0.25) is 0 Å². The Balaban J connectivity index is 2.41. The molecule has 0 unspecified atom stereocenters. The van der Waals surface area contributed by atoms with Crippen molar-refractivity contribution < 1.29 is 27.4 Å². The minimum Gasteiger partial charge on any atom is -0.492 e. The summed E-state index contributed by atoms with van der Waals surface area (Å²) in [6, 6.07) is 8.44. The lowest BCUT2D eigenvalue weighted by Crippen LogP contribution is -2.08. The van der Waals surface area contributed by atoms with Crippen molar-refractivity contribution in [1.82, 2.24) is 0 Å². The van der Waals surface area contributed by atoms with Gasteiger partial charge in [0.25, 0.3) is 0 Å². The quantitative estimate of drug-likeness (QED) is 0.571. The molecule has 0 aliphatic rings. The van der Waals surface area contributed by atoms with Crippen LogP contribution in [0.2, 0.25) is 0 Å². The Labute approximate surface area is 173 Å². The number of ether oxygens (including phenoxy) is 4. The van der Waals surface area contributed by atoms with Crippen LogP contribution >= 0.6 is 0 Å². The summed E-state index contributed by atoms with van der Waals surface area (Å²) in [7, 11) is 2.80. The van der Waals surface area contributed by atoms with Crippen LogP contribution in [0, 0.1) is 6.92 Å². The van der Waals surface area contributed by atoms with Gasteiger partial charge < -0.3 is 18.9 Å². The molecule has 0 saturated heterocycles.